The summed E-state index contributed by atoms with van der Waals surface area (Å²) in [5.41, 5.74) is 0.358. The molecule has 0 aliphatic heterocycles. The highest BCUT2D eigenvalue weighted by molar-refractivity contribution is 9.10. The van der Waals surface area contributed by atoms with Crippen LogP contribution in [0.15, 0.2) is 22.8 Å². The molecule has 0 saturated heterocycles. The lowest BCUT2D eigenvalue weighted by Gasteiger charge is -2.17. The van der Waals surface area contributed by atoms with E-state index in [2.05, 4.69) is 26.2 Å². The fourth-order valence-corrected chi connectivity index (χ4v) is 1.68. The number of hydrogen-bond donors (Lipinski definition) is 1. The van der Waals surface area contributed by atoms with E-state index < -0.39 is 6.29 Å². The van der Waals surface area contributed by atoms with Crippen LogP contribution >= 0.6 is 15.9 Å². The molecule has 1 amide bonds. The lowest BCUT2D eigenvalue weighted by Crippen LogP contribution is -2.35. The van der Waals surface area contributed by atoms with Crippen LogP contribution in [0.4, 0.5) is 0 Å². The Morgan fingerprint density at radius 1 is 1.39 bits per heavy atom. The van der Waals surface area contributed by atoms with Gasteiger partial charge >= 0.3 is 0 Å². The highest BCUT2D eigenvalue weighted by Crippen LogP contribution is 2.06. The zero-order valence-corrected chi connectivity index (χ0v) is 12.1. The lowest BCUT2D eigenvalue weighted by atomic mass is 10.3. The van der Waals surface area contributed by atoms with E-state index in [0.29, 0.717) is 30.1 Å². The molecule has 18 heavy (non-hydrogen) atoms. The number of carbonyl (C=O) groups is 1. The highest BCUT2D eigenvalue weighted by atomic mass is 79.9. The second-order valence-electron chi connectivity index (χ2n) is 3.40. The predicted octanol–water partition coefficient (Wildman–Crippen LogP) is 1.97. The Hall–Kier alpha value is -0.980. The van der Waals surface area contributed by atoms with Gasteiger partial charge in [-0.15, -0.1) is 0 Å². The van der Waals surface area contributed by atoms with Gasteiger partial charge in [-0.2, -0.15) is 0 Å². The number of hydrogen-bond acceptors (Lipinski definition) is 4. The van der Waals surface area contributed by atoms with E-state index in [9.17, 15) is 4.79 Å². The maximum absolute atomic E-state index is 11.8. The van der Waals surface area contributed by atoms with Crippen LogP contribution in [0.25, 0.3) is 0 Å². The molecule has 0 saturated carbocycles. The molecule has 1 rings (SSSR count). The summed E-state index contributed by atoms with van der Waals surface area (Å²) in [6, 6.07) is 5.17. The van der Waals surface area contributed by atoms with Gasteiger partial charge in [0.2, 0.25) is 0 Å². The third kappa shape index (κ3) is 5.12. The van der Waals surface area contributed by atoms with Gasteiger partial charge in [-0.25, -0.2) is 4.98 Å². The third-order valence-electron chi connectivity index (χ3n) is 2.08. The molecule has 1 heterocycles. The Morgan fingerprint density at radius 3 is 2.61 bits per heavy atom. The fraction of sp³-hybridized carbons (Fsp3) is 0.500. The van der Waals surface area contributed by atoms with E-state index in [1.54, 1.807) is 18.2 Å². The molecule has 0 aliphatic carbocycles. The van der Waals surface area contributed by atoms with E-state index in [1.165, 1.54) is 0 Å². The first-order valence-corrected chi connectivity index (χ1v) is 6.60. The molecule has 0 unspecified atom stereocenters. The van der Waals surface area contributed by atoms with Crippen LogP contribution in [-0.2, 0) is 9.47 Å². The normalized spacial score (nSPS) is 10.7. The van der Waals surface area contributed by atoms with Crippen molar-refractivity contribution >= 4 is 21.8 Å². The molecule has 6 heteroatoms. The Balaban J connectivity index is 2.49. The number of amides is 1. The van der Waals surface area contributed by atoms with Crippen LogP contribution in [0.5, 0.6) is 0 Å². The molecule has 0 fully saturated rings. The monoisotopic (exact) mass is 316 g/mol. The Bertz CT molecular complexity index is 381. The summed E-state index contributed by atoms with van der Waals surface area (Å²) in [6.07, 6.45) is -0.420. The van der Waals surface area contributed by atoms with Crippen molar-refractivity contribution in [1.82, 2.24) is 10.3 Å². The minimum atomic E-state index is -0.420. The lowest BCUT2D eigenvalue weighted by molar-refractivity contribution is -0.131. The van der Waals surface area contributed by atoms with Crippen molar-refractivity contribution in [3.63, 3.8) is 0 Å². The average molecular weight is 317 g/mol. The molecule has 5 nitrogen and oxygen atoms in total. The minimum absolute atomic E-state index is 0.249. The number of rotatable bonds is 7. The zero-order valence-electron chi connectivity index (χ0n) is 10.5. The summed E-state index contributed by atoms with van der Waals surface area (Å²) in [4.78, 5) is 15.9. The second kappa shape index (κ2) is 8.18. The van der Waals surface area contributed by atoms with Crippen LogP contribution in [-0.4, -0.2) is 36.9 Å². The molecular weight excluding hydrogens is 300 g/mol. The first kappa shape index (κ1) is 15.1. The van der Waals surface area contributed by atoms with Gasteiger partial charge in [0.15, 0.2) is 6.29 Å². The van der Waals surface area contributed by atoms with Gasteiger partial charge in [-0.1, -0.05) is 6.07 Å². The largest absolute Gasteiger partial charge is 0.351 e. The van der Waals surface area contributed by atoms with Gasteiger partial charge < -0.3 is 14.8 Å². The predicted molar refractivity (Wildman–Crippen MR) is 71.3 cm³/mol. The minimum Gasteiger partial charge on any atom is -0.351 e. The summed E-state index contributed by atoms with van der Waals surface area (Å²) < 4.78 is 11.3. The van der Waals surface area contributed by atoms with Crippen molar-refractivity contribution in [1.29, 1.82) is 0 Å². The summed E-state index contributed by atoms with van der Waals surface area (Å²) in [5.74, 6) is -0.249. The van der Waals surface area contributed by atoms with Gasteiger partial charge in [0.1, 0.15) is 10.3 Å². The second-order valence-corrected chi connectivity index (χ2v) is 4.21. The number of pyridine rings is 1. The molecule has 0 aromatic carbocycles. The topological polar surface area (TPSA) is 60.5 Å². The number of ether oxygens (including phenoxy) is 2. The van der Waals surface area contributed by atoms with Gasteiger partial charge in [0.25, 0.3) is 5.91 Å². The zero-order chi connectivity index (χ0) is 13.4. The Labute approximate surface area is 115 Å². The van der Waals surface area contributed by atoms with Crippen molar-refractivity contribution in [2.75, 3.05) is 19.8 Å². The molecule has 0 spiro atoms. The van der Waals surface area contributed by atoms with Gasteiger partial charge in [0, 0.05) is 13.2 Å². The van der Waals surface area contributed by atoms with Gasteiger partial charge in [-0.3, -0.25) is 4.79 Å². The number of aromatic nitrogens is 1. The molecule has 100 valence electrons. The Morgan fingerprint density at radius 2 is 2.06 bits per heavy atom. The molecule has 1 N–H and O–H groups in total. The van der Waals surface area contributed by atoms with Crippen molar-refractivity contribution in [2.24, 2.45) is 0 Å². The summed E-state index contributed by atoms with van der Waals surface area (Å²) >= 11 is 3.22. The van der Waals surface area contributed by atoms with Crippen molar-refractivity contribution in [3.05, 3.63) is 28.5 Å². The first-order chi connectivity index (χ1) is 8.67. The fourth-order valence-electron chi connectivity index (χ4n) is 1.34. The van der Waals surface area contributed by atoms with E-state index in [-0.39, 0.29) is 5.91 Å². The average Bonchev–Trinajstić information content (AvgIpc) is 2.36. The number of carbonyl (C=O) groups excluding carboxylic acids is 1. The van der Waals surface area contributed by atoms with Crippen LogP contribution in [0.1, 0.15) is 24.3 Å². The third-order valence-corrected chi connectivity index (χ3v) is 2.52. The standard InChI is InChI=1S/C12H17BrN2O3/c1-3-17-11(18-4-2)8-14-12(16)9-6-5-7-10(13)15-9/h5-7,11H,3-4,8H2,1-2H3,(H,14,16). The van der Waals surface area contributed by atoms with E-state index in [1.807, 2.05) is 13.8 Å². The quantitative estimate of drug-likeness (QED) is 0.617. The SMILES string of the molecule is CCOC(CNC(=O)c1cccc(Br)n1)OCC. The van der Waals surface area contributed by atoms with Crippen LogP contribution < -0.4 is 5.32 Å². The molecule has 1 aromatic rings. The number of nitrogens with zero attached hydrogens (tertiary/aromatic N) is 1. The highest BCUT2D eigenvalue weighted by Gasteiger charge is 2.12. The molecular formula is C12H17BrN2O3. The van der Waals surface area contributed by atoms with E-state index in [4.69, 9.17) is 9.47 Å². The van der Waals surface area contributed by atoms with Crippen LogP contribution in [0.3, 0.4) is 0 Å². The first-order valence-electron chi connectivity index (χ1n) is 5.81. The molecule has 0 atom stereocenters. The molecule has 0 bridgehead atoms. The number of nitrogens with one attached hydrogen (secondary N) is 1. The van der Waals surface area contributed by atoms with E-state index in [0.717, 1.165) is 0 Å². The molecule has 0 aliphatic rings. The summed E-state index contributed by atoms with van der Waals surface area (Å²) in [7, 11) is 0. The van der Waals surface area contributed by atoms with Gasteiger partial charge in [-0.05, 0) is 41.9 Å². The van der Waals surface area contributed by atoms with Gasteiger partial charge in [0.05, 0.1) is 6.54 Å². The van der Waals surface area contributed by atoms with Crippen LogP contribution in [0, 0.1) is 0 Å². The molecule has 1 aromatic heterocycles. The van der Waals surface area contributed by atoms with Crippen molar-refractivity contribution in [2.45, 2.75) is 20.1 Å². The number of halogens is 1. The summed E-state index contributed by atoms with van der Waals surface area (Å²) in [6.45, 7) is 5.13. The van der Waals surface area contributed by atoms with Crippen molar-refractivity contribution < 1.29 is 14.3 Å². The van der Waals surface area contributed by atoms with Crippen molar-refractivity contribution in [3.8, 4) is 0 Å². The maximum Gasteiger partial charge on any atom is 0.270 e. The smallest absolute Gasteiger partial charge is 0.270 e. The van der Waals surface area contributed by atoms with Crippen LogP contribution in [0.2, 0.25) is 0 Å². The molecule has 0 radical (unpaired) electrons. The maximum atomic E-state index is 11.8. The Kier molecular flexibility index (Phi) is 6.85. The van der Waals surface area contributed by atoms with E-state index >= 15 is 0 Å². The summed E-state index contributed by atoms with van der Waals surface area (Å²) in [5, 5.41) is 2.72.